The van der Waals surface area contributed by atoms with Gasteiger partial charge in [-0.1, -0.05) is 44.8 Å². The van der Waals surface area contributed by atoms with Gasteiger partial charge in [-0.25, -0.2) is 0 Å². The molecule has 1 nitrogen and oxygen atoms in total. The second-order valence-electron chi connectivity index (χ2n) is 5.37. The van der Waals surface area contributed by atoms with Gasteiger partial charge in [-0.2, -0.15) is 11.2 Å². The molecular formula is C14H23NSSi. The molecule has 0 saturated heterocycles. The van der Waals surface area contributed by atoms with E-state index in [0.717, 1.165) is 12.1 Å². The highest BCUT2D eigenvalue weighted by Crippen LogP contribution is 2.26. The third-order valence-electron chi connectivity index (χ3n) is 2.34. The van der Waals surface area contributed by atoms with Crippen molar-refractivity contribution in [1.82, 2.24) is 0 Å². The Morgan fingerprint density at radius 3 is 2.53 bits per heavy atom. The van der Waals surface area contributed by atoms with Crippen molar-refractivity contribution in [3.63, 3.8) is 0 Å². The van der Waals surface area contributed by atoms with E-state index in [-0.39, 0.29) is 0 Å². The van der Waals surface area contributed by atoms with Crippen molar-refractivity contribution in [3.8, 4) is 0 Å². The molecule has 0 N–H and O–H groups in total. The summed E-state index contributed by atoms with van der Waals surface area (Å²) in [5.74, 6) is 0. The van der Waals surface area contributed by atoms with Crippen LogP contribution in [-0.2, 0) is 0 Å². The lowest BCUT2D eigenvalue weighted by atomic mass is 10.2. The maximum absolute atomic E-state index is 4.55. The average Bonchev–Trinajstić information content (AvgIpc) is 2.18. The molecule has 3 heteroatoms. The minimum atomic E-state index is -1.01. The van der Waals surface area contributed by atoms with E-state index in [1.165, 1.54) is 5.56 Å². The number of rotatable bonds is 5. The summed E-state index contributed by atoms with van der Waals surface area (Å²) in [4.78, 5) is 4.55. The van der Waals surface area contributed by atoms with Crippen molar-refractivity contribution in [3.05, 3.63) is 29.8 Å². The standard InChI is InChI=1S/C14H23NSSi/c1-12-8-6-7-9-14(12)15-11-10-13(2)16-17(3,4)5/h6-9,11,13H,10H2,1-5H3/b15-11-. The Bertz CT molecular complexity index is 382. The number of benzene rings is 1. The first-order valence-corrected chi connectivity index (χ1v) is 11.2. The highest BCUT2D eigenvalue weighted by Gasteiger charge is 2.17. The number of nitrogens with zero attached hydrogens (tertiary/aromatic N) is 1. The van der Waals surface area contributed by atoms with Crippen LogP contribution in [0.3, 0.4) is 0 Å². The molecule has 1 aromatic rings. The largest absolute Gasteiger partial charge is 0.261 e. The fourth-order valence-electron chi connectivity index (χ4n) is 1.66. The normalized spacial score (nSPS) is 14.2. The van der Waals surface area contributed by atoms with E-state index < -0.39 is 7.22 Å². The lowest BCUT2D eigenvalue weighted by molar-refractivity contribution is 1.04. The highest BCUT2D eigenvalue weighted by molar-refractivity contribution is 8.29. The monoisotopic (exact) mass is 265 g/mol. The van der Waals surface area contributed by atoms with Crippen LogP contribution in [0.5, 0.6) is 0 Å². The van der Waals surface area contributed by atoms with Crippen LogP contribution in [0, 0.1) is 6.92 Å². The van der Waals surface area contributed by atoms with Gasteiger partial charge in [0.15, 0.2) is 0 Å². The van der Waals surface area contributed by atoms with Gasteiger partial charge in [0, 0.05) is 11.5 Å². The van der Waals surface area contributed by atoms with Gasteiger partial charge in [0.25, 0.3) is 0 Å². The lowest BCUT2D eigenvalue weighted by Gasteiger charge is -2.19. The fourth-order valence-corrected chi connectivity index (χ4v) is 6.96. The summed E-state index contributed by atoms with van der Waals surface area (Å²) in [6, 6.07) is 8.27. The summed E-state index contributed by atoms with van der Waals surface area (Å²) < 4.78 is 0. The maximum Gasteiger partial charge on any atom is 0.108 e. The van der Waals surface area contributed by atoms with Crippen LogP contribution in [0.2, 0.25) is 19.6 Å². The van der Waals surface area contributed by atoms with Crippen LogP contribution < -0.4 is 0 Å². The van der Waals surface area contributed by atoms with E-state index in [0.29, 0.717) is 5.25 Å². The molecule has 0 aromatic heterocycles. The molecule has 0 bridgehead atoms. The minimum absolute atomic E-state index is 0.675. The maximum atomic E-state index is 4.55. The Labute approximate surface area is 110 Å². The van der Waals surface area contributed by atoms with Gasteiger partial charge in [0.1, 0.15) is 7.22 Å². The van der Waals surface area contributed by atoms with E-state index in [1.807, 2.05) is 6.07 Å². The summed E-state index contributed by atoms with van der Waals surface area (Å²) in [5.41, 5.74) is 2.34. The van der Waals surface area contributed by atoms with Crippen molar-refractivity contribution in [2.75, 3.05) is 0 Å². The first-order valence-electron chi connectivity index (χ1n) is 6.14. The van der Waals surface area contributed by atoms with Crippen LogP contribution in [0.25, 0.3) is 0 Å². The van der Waals surface area contributed by atoms with Crippen LogP contribution in [0.1, 0.15) is 18.9 Å². The number of hydrogen-bond acceptors (Lipinski definition) is 2. The molecule has 1 rings (SSSR count). The minimum Gasteiger partial charge on any atom is -0.261 e. The molecule has 0 aliphatic carbocycles. The predicted molar refractivity (Wildman–Crippen MR) is 84.3 cm³/mol. The number of hydrogen-bond donors (Lipinski definition) is 0. The van der Waals surface area contributed by atoms with Crippen LogP contribution >= 0.6 is 11.2 Å². The first kappa shape index (κ1) is 14.5. The van der Waals surface area contributed by atoms with E-state index in [9.17, 15) is 0 Å². The average molecular weight is 265 g/mol. The van der Waals surface area contributed by atoms with Crippen LogP contribution in [0.15, 0.2) is 29.3 Å². The molecule has 0 amide bonds. The van der Waals surface area contributed by atoms with Gasteiger partial charge in [-0.15, -0.1) is 0 Å². The molecular weight excluding hydrogens is 242 g/mol. The summed E-state index contributed by atoms with van der Waals surface area (Å²) in [6.07, 6.45) is 3.13. The Balaban J connectivity index is 2.48. The van der Waals surface area contributed by atoms with E-state index in [2.05, 4.69) is 74.1 Å². The number of para-hydroxylation sites is 1. The zero-order chi connectivity index (χ0) is 12.9. The van der Waals surface area contributed by atoms with Gasteiger partial charge in [0.05, 0.1) is 5.69 Å². The van der Waals surface area contributed by atoms with Gasteiger partial charge in [-0.05, 0) is 25.0 Å². The summed E-state index contributed by atoms with van der Waals surface area (Å²) in [6.45, 7) is 11.6. The molecule has 0 aliphatic rings. The lowest BCUT2D eigenvalue weighted by Crippen LogP contribution is -2.18. The second kappa shape index (κ2) is 6.41. The molecule has 0 aliphatic heterocycles. The second-order valence-corrected chi connectivity index (χ2v) is 15.0. The molecule has 17 heavy (non-hydrogen) atoms. The molecule has 0 heterocycles. The van der Waals surface area contributed by atoms with Crippen LogP contribution in [0.4, 0.5) is 5.69 Å². The highest BCUT2D eigenvalue weighted by atomic mass is 32.4. The molecule has 0 fully saturated rings. The van der Waals surface area contributed by atoms with Crippen molar-refractivity contribution < 1.29 is 0 Å². The molecule has 1 unspecified atom stereocenters. The molecule has 0 radical (unpaired) electrons. The fraction of sp³-hybridized carbons (Fsp3) is 0.500. The Kier molecular flexibility index (Phi) is 5.47. The van der Waals surface area contributed by atoms with Gasteiger partial charge >= 0.3 is 0 Å². The van der Waals surface area contributed by atoms with E-state index >= 15 is 0 Å². The van der Waals surface area contributed by atoms with Gasteiger partial charge in [-0.3, -0.25) is 4.99 Å². The zero-order valence-corrected chi connectivity index (χ0v) is 13.3. The van der Waals surface area contributed by atoms with Gasteiger partial charge in [0.2, 0.25) is 0 Å². The summed E-state index contributed by atoms with van der Waals surface area (Å²) >= 11 is 2.14. The van der Waals surface area contributed by atoms with Crippen molar-refractivity contribution in [2.24, 2.45) is 4.99 Å². The Morgan fingerprint density at radius 1 is 1.29 bits per heavy atom. The third-order valence-corrected chi connectivity index (χ3v) is 6.97. The van der Waals surface area contributed by atoms with Crippen LogP contribution in [-0.4, -0.2) is 18.7 Å². The summed E-state index contributed by atoms with van der Waals surface area (Å²) in [7, 11) is -1.01. The van der Waals surface area contributed by atoms with Crippen molar-refractivity contribution in [2.45, 2.75) is 45.2 Å². The molecule has 94 valence electrons. The summed E-state index contributed by atoms with van der Waals surface area (Å²) in [5, 5.41) is 0.675. The van der Waals surface area contributed by atoms with E-state index in [4.69, 9.17) is 0 Å². The molecule has 1 atom stereocenters. The van der Waals surface area contributed by atoms with Gasteiger partial charge < -0.3 is 0 Å². The number of aliphatic imine (C=N–C) groups is 1. The Morgan fingerprint density at radius 2 is 1.94 bits per heavy atom. The number of aryl methyl sites for hydroxylation is 1. The topological polar surface area (TPSA) is 12.4 Å². The van der Waals surface area contributed by atoms with E-state index in [1.54, 1.807) is 0 Å². The molecule has 1 aromatic carbocycles. The predicted octanol–water partition coefficient (Wildman–Crippen LogP) is 5.04. The molecule has 0 spiro atoms. The Hall–Kier alpha value is -0.543. The van der Waals surface area contributed by atoms with Crippen molar-refractivity contribution in [1.29, 1.82) is 0 Å². The van der Waals surface area contributed by atoms with Crippen molar-refractivity contribution >= 4 is 30.3 Å². The molecule has 0 saturated carbocycles. The smallest absolute Gasteiger partial charge is 0.108 e. The SMILES string of the molecule is Cc1ccccc1/N=C\CC(C)S[Si](C)(C)C. The first-order chi connectivity index (χ1) is 7.88. The quantitative estimate of drug-likeness (QED) is 0.536. The zero-order valence-electron chi connectivity index (χ0n) is 11.5. The third kappa shape index (κ3) is 6.08.